The highest BCUT2D eigenvalue weighted by atomic mass is 16.5. The predicted molar refractivity (Wildman–Crippen MR) is 93.7 cm³/mol. The third kappa shape index (κ3) is 6.40. The van der Waals surface area contributed by atoms with Crippen LogP contribution in [0.25, 0.3) is 0 Å². The molecule has 0 saturated carbocycles. The fourth-order valence-electron chi connectivity index (χ4n) is 2.21. The van der Waals surface area contributed by atoms with Gasteiger partial charge >= 0.3 is 0 Å². The first kappa shape index (κ1) is 18.0. The summed E-state index contributed by atoms with van der Waals surface area (Å²) < 4.78 is 5.63. The molecule has 0 radical (unpaired) electrons. The molecule has 2 rings (SSSR count). The van der Waals surface area contributed by atoms with Crippen molar-refractivity contribution in [2.24, 2.45) is 0 Å². The van der Waals surface area contributed by atoms with Crippen molar-refractivity contribution in [3.05, 3.63) is 65.7 Å². The van der Waals surface area contributed by atoms with Crippen molar-refractivity contribution in [3.8, 4) is 5.75 Å². The molecule has 5 heteroatoms. The van der Waals surface area contributed by atoms with Crippen LogP contribution in [0.3, 0.4) is 0 Å². The zero-order valence-corrected chi connectivity index (χ0v) is 13.9. The standard InChI is InChI=1S/C19H24N2O3/c1-15(22)21-12-11-20-13-16-7-9-18(10-8-16)24-14-19(23)17-5-3-2-4-6-17/h2-10,19-20,23H,11-14H2,1H3,(H,21,22)/t19-/m0/s1. The van der Waals surface area contributed by atoms with E-state index in [2.05, 4.69) is 10.6 Å². The fourth-order valence-corrected chi connectivity index (χ4v) is 2.21. The van der Waals surface area contributed by atoms with Crippen LogP contribution in [0.15, 0.2) is 54.6 Å². The Kier molecular flexibility index (Phi) is 7.26. The molecule has 0 aliphatic rings. The Morgan fingerprint density at radius 2 is 1.79 bits per heavy atom. The lowest BCUT2D eigenvalue weighted by Crippen LogP contribution is -2.29. The largest absolute Gasteiger partial charge is 0.491 e. The molecule has 24 heavy (non-hydrogen) atoms. The maximum atomic E-state index is 10.7. The summed E-state index contributed by atoms with van der Waals surface area (Å²) in [5.74, 6) is 0.711. The summed E-state index contributed by atoms with van der Waals surface area (Å²) >= 11 is 0. The third-order valence-electron chi connectivity index (χ3n) is 3.52. The van der Waals surface area contributed by atoms with E-state index >= 15 is 0 Å². The first-order chi connectivity index (χ1) is 11.6. The van der Waals surface area contributed by atoms with Gasteiger partial charge in [-0.15, -0.1) is 0 Å². The monoisotopic (exact) mass is 328 g/mol. The highest BCUT2D eigenvalue weighted by molar-refractivity contribution is 5.72. The van der Waals surface area contributed by atoms with Crippen molar-refractivity contribution in [1.82, 2.24) is 10.6 Å². The van der Waals surface area contributed by atoms with Gasteiger partial charge in [-0.25, -0.2) is 0 Å². The van der Waals surface area contributed by atoms with Crippen LogP contribution in [-0.4, -0.2) is 30.7 Å². The number of rotatable bonds is 9. The summed E-state index contributed by atoms with van der Waals surface area (Å²) in [5.41, 5.74) is 1.98. The number of benzene rings is 2. The van der Waals surface area contributed by atoms with Crippen LogP contribution >= 0.6 is 0 Å². The van der Waals surface area contributed by atoms with Crippen molar-refractivity contribution in [1.29, 1.82) is 0 Å². The molecular weight excluding hydrogens is 304 g/mol. The molecule has 2 aromatic rings. The molecular formula is C19H24N2O3. The van der Waals surface area contributed by atoms with Gasteiger partial charge in [0.25, 0.3) is 0 Å². The topological polar surface area (TPSA) is 70.6 Å². The lowest BCUT2D eigenvalue weighted by molar-refractivity contribution is -0.118. The molecule has 2 aromatic carbocycles. The molecule has 0 unspecified atom stereocenters. The zero-order valence-electron chi connectivity index (χ0n) is 13.9. The lowest BCUT2D eigenvalue weighted by atomic mass is 10.1. The van der Waals surface area contributed by atoms with E-state index in [1.54, 1.807) is 0 Å². The first-order valence-electron chi connectivity index (χ1n) is 8.05. The van der Waals surface area contributed by atoms with Crippen LogP contribution < -0.4 is 15.4 Å². The number of ether oxygens (including phenoxy) is 1. The second kappa shape index (κ2) is 9.70. The Hall–Kier alpha value is -2.37. The van der Waals surface area contributed by atoms with Gasteiger partial charge in [-0.1, -0.05) is 42.5 Å². The molecule has 0 heterocycles. The zero-order chi connectivity index (χ0) is 17.2. The minimum absolute atomic E-state index is 0.0176. The van der Waals surface area contributed by atoms with E-state index in [1.165, 1.54) is 6.92 Å². The van der Waals surface area contributed by atoms with Gasteiger partial charge in [0.2, 0.25) is 5.91 Å². The van der Waals surface area contributed by atoms with Gasteiger partial charge in [0, 0.05) is 26.6 Å². The second-order valence-electron chi connectivity index (χ2n) is 5.54. The van der Waals surface area contributed by atoms with Crippen LogP contribution in [-0.2, 0) is 11.3 Å². The van der Waals surface area contributed by atoms with Crippen molar-refractivity contribution >= 4 is 5.91 Å². The molecule has 5 nitrogen and oxygen atoms in total. The predicted octanol–water partition coefficient (Wildman–Crippen LogP) is 2.02. The maximum Gasteiger partial charge on any atom is 0.216 e. The summed E-state index contributed by atoms with van der Waals surface area (Å²) in [4.78, 5) is 10.7. The highest BCUT2D eigenvalue weighted by Crippen LogP contribution is 2.16. The van der Waals surface area contributed by atoms with E-state index in [0.29, 0.717) is 6.54 Å². The van der Waals surface area contributed by atoms with E-state index < -0.39 is 6.10 Å². The number of aliphatic hydroxyl groups is 1. The molecule has 1 atom stereocenters. The molecule has 3 N–H and O–H groups in total. The summed E-state index contributed by atoms with van der Waals surface area (Å²) in [5, 5.41) is 16.1. The Balaban J connectivity index is 1.71. The average Bonchev–Trinajstić information content (AvgIpc) is 2.61. The second-order valence-corrected chi connectivity index (χ2v) is 5.54. The molecule has 0 fully saturated rings. The Morgan fingerprint density at radius 1 is 1.08 bits per heavy atom. The summed E-state index contributed by atoms with van der Waals surface area (Å²) in [6, 6.07) is 17.2. The van der Waals surface area contributed by atoms with Crippen LogP contribution in [0.5, 0.6) is 5.75 Å². The summed E-state index contributed by atoms with van der Waals surface area (Å²) in [6.45, 7) is 3.80. The Labute approximate surface area is 142 Å². The SMILES string of the molecule is CC(=O)NCCNCc1ccc(OC[C@H](O)c2ccccc2)cc1. The number of hydrogen-bond donors (Lipinski definition) is 3. The van der Waals surface area contributed by atoms with Crippen molar-refractivity contribution in [2.75, 3.05) is 19.7 Å². The lowest BCUT2D eigenvalue weighted by Gasteiger charge is -2.13. The number of carbonyl (C=O) groups excluding carboxylic acids is 1. The Morgan fingerprint density at radius 3 is 2.46 bits per heavy atom. The van der Waals surface area contributed by atoms with Crippen molar-refractivity contribution in [3.63, 3.8) is 0 Å². The van der Waals surface area contributed by atoms with Gasteiger partial charge in [0.15, 0.2) is 0 Å². The van der Waals surface area contributed by atoms with Crippen molar-refractivity contribution in [2.45, 2.75) is 19.6 Å². The molecule has 0 bridgehead atoms. The van der Waals surface area contributed by atoms with E-state index in [9.17, 15) is 9.90 Å². The van der Waals surface area contributed by atoms with E-state index in [4.69, 9.17) is 4.74 Å². The van der Waals surface area contributed by atoms with E-state index in [-0.39, 0.29) is 12.5 Å². The molecule has 0 spiro atoms. The maximum absolute atomic E-state index is 10.7. The molecule has 0 aliphatic carbocycles. The molecule has 128 valence electrons. The Bertz CT molecular complexity index is 614. The molecule has 0 aromatic heterocycles. The summed E-state index contributed by atoms with van der Waals surface area (Å²) in [7, 11) is 0. The number of carbonyl (C=O) groups is 1. The minimum atomic E-state index is -0.638. The van der Waals surface area contributed by atoms with Crippen LogP contribution in [0, 0.1) is 0 Å². The number of hydrogen-bond acceptors (Lipinski definition) is 4. The molecule has 1 amide bonds. The smallest absolute Gasteiger partial charge is 0.216 e. The highest BCUT2D eigenvalue weighted by Gasteiger charge is 2.07. The van der Waals surface area contributed by atoms with Gasteiger partial charge in [-0.2, -0.15) is 0 Å². The molecule has 0 aliphatic heterocycles. The average molecular weight is 328 g/mol. The fraction of sp³-hybridized carbons (Fsp3) is 0.316. The third-order valence-corrected chi connectivity index (χ3v) is 3.52. The first-order valence-corrected chi connectivity index (χ1v) is 8.05. The quantitative estimate of drug-likeness (QED) is 0.616. The van der Waals surface area contributed by atoms with Gasteiger partial charge in [0.1, 0.15) is 18.5 Å². The number of amides is 1. The molecule has 0 saturated heterocycles. The normalized spacial score (nSPS) is 11.8. The number of aliphatic hydroxyl groups excluding tert-OH is 1. The van der Waals surface area contributed by atoms with Gasteiger partial charge < -0.3 is 20.5 Å². The van der Waals surface area contributed by atoms with Crippen LogP contribution in [0.4, 0.5) is 0 Å². The number of nitrogens with one attached hydrogen (secondary N) is 2. The van der Waals surface area contributed by atoms with Gasteiger partial charge in [-0.3, -0.25) is 4.79 Å². The van der Waals surface area contributed by atoms with Crippen LogP contribution in [0.1, 0.15) is 24.2 Å². The van der Waals surface area contributed by atoms with Gasteiger partial charge in [0.05, 0.1) is 0 Å². The van der Waals surface area contributed by atoms with Gasteiger partial charge in [-0.05, 0) is 23.3 Å². The van der Waals surface area contributed by atoms with E-state index in [0.717, 1.165) is 30.0 Å². The summed E-state index contributed by atoms with van der Waals surface area (Å²) in [6.07, 6.45) is -0.638. The minimum Gasteiger partial charge on any atom is -0.491 e. The van der Waals surface area contributed by atoms with Crippen molar-refractivity contribution < 1.29 is 14.6 Å². The van der Waals surface area contributed by atoms with Crippen LogP contribution in [0.2, 0.25) is 0 Å². The van der Waals surface area contributed by atoms with E-state index in [1.807, 2.05) is 54.6 Å².